The molecule has 0 aliphatic carbocycles. The van der Waals surface area contributed by atoms with E-state index in [-0.39, 0.29) is 31.9 Å². The van der Waals surface area contributed by atoms with E-state index in [0.717, 1.165) is 75.7 Å². The van der Waals surface area contributed by atoms with Crippen molar-refractivity contribution >= 4 is 76.3 Å². The number of carbonyl (C=O) groups is 3. The lowest BCUT2D eigenvalue weighted by Gasteiger charge is -2.27. The van der Waals surface area contributed by atoms with E-state index in [1.807, 2.05) is 104 Å². The Hall–Kier alpha value is -6.88. The molecule has 0 aliphatic heterocycles. The summed E-state index contributed by atoms with van der Waals surface area (Å²) in [5, 5.41) is 26.3. The molecule has 0 saturated carbocycles. The van der Waals surface area contributed by atoms with Gasteiger partial charge in [-0.15, -0.1) is 0 Å². The van der Waals surface area contributed by atoms with Gasteiger partial charge >= 0.3 is 11.9 Å². The fourth-order valence-corrected chi connectivity index (χ4v) is 12.4. The van der Waals surface area contributed by atoms with Crippen molar-refractivity contribution in [3.05, 3.63) is 179 Å². The lowest BCUT2D eigenvalue weighted by molar-refractivity contribution is -0.114. The molecule has 0 aliphatic rings. The molecule has 0 saturated heterocycles. The minimum atomic E-state index is -3.77. The van der Waals surface area contributed by atoms with Crippen LogP contribution in [0.2, 0.25) is 0 Å². The van der Waals surface area contributed by atoms with Crippen LogP contribution in [0.25, 0.3) is 10.8 Å². The number of aromatic carboxylic acids is 2. The molecule has 4 N–H and O–H groups in total. The van der Waals surface area contributed by atoms with Crippen LogP contribution >= 0.6 is 11.3 Å². The third-order valence-corrected chi connectivity index (χ3v) is 16.9. The second-order valence-corrected chi connectivity index (χ2v) is 21.9. The van der Waals surface area contributed by atoms with E-state index in [1.54, 1.807) is 47.6 Å². The molecule has 0 fully saturated rings. The fraction of sp³-hybridized carbons (Fsp3) is 0.259. The number of sulfonamides is 1. The van der Waals surface area contributed by atoms with Crippen molar-refractivity contribution < 1.29 is 41.4 Å². The highest BCUT2D eigenvalue weighted by molar-refractivity contribution is 7.93. The van der Waals surface area contributed by atoms with E-state index in [4.69, 9.17) is 10.2 Å². The number of aromatic nitrogens is 1. The Morgan fingerprint density at radius 1 is 0.657 bits per heavy atom. The maximum Gasteiger partial charge on any atom is 0.335 e. The molecular weight excluding hydrogens is 945 g/mol. The first kappa shape index (κ1) is 52.5. The lowest BCUT2D eigenvalue weighted by Crippen LogP contribution is -2.33. The van der Waals surface area contributed by atoms with Gasteiger partial charge in [-0.1, -0.05) is 116 Å². The van der Waals surface area contributed by atoms with Gasteiger partial charge in [-0.05, 0) is 133 Å². The van der Waals surface area contributed by atoms with Crippen LogP contribution in [0.15, 0.2) is 149 Å². The molecule has 0 atom stereocenters. The lowest BCUT2D eigenvalue weighted by atomic mass is 10.0. The number of aryl methyl sites for hydroxylation is 5. The summed E-state index contributed by atoms with van der Waals surface area (Å²) >= 11 is 0.987. The second-order valence-electron chi connectivity index (χ2n) is 16.8. The summed E-state index contributed by atoms with van der Waals surface area (Å²) in [6, 6.07) is 42.4. The summed E-state index contributed by atoms with van der Waals surface area (Å²) in [5.41, 5.74) is 6.79. The smallest absolute Gasteiger partial charge is 0.335 e. The predicted molar refractivity (Wildman–Crippen MR) is 279 cm³/mol. The standard InChI is InChI=1S/C29H29NO4S.C25H29N3O5S2/c1-2-3-20-30(35(33,34)27-19-18-23-8-4-5-10-26(23)21-27)28-11-7-6-9-24(28)15-12-22-13-16-25(17-14-22)29(31)32;1-17-24(34-25(27-17)28-18(2)29)35(32,33)16-6-5-15-26-22-8-4-3-7-20(22)12-9-19-10-13-21(14-11-19)23(30)31/h4-11,13-14,16-19,21H,2-3,12,15,20H2,1H3,(H,31,32);3-4,7-8,10-11,13-14,26H,5-6,9,12,15-16H2,1-2H3,(H,30,31)(H,27,28,29). The van der Waals surface area contributed by atoms with Crippen LogP contribution in [0.5, 0.6) is 0 Å². The van der Waals surface area contributed by atoms with E-state index in [0.29, 0.717) is 55.3 Å². The normalized spacial score (nSPS) is 11.4. The molecule has 7 aromatic rings. The number of unbranched alkanes of at least 4 members (excludes halogenated alkanes) is 2. The van der Waals surface area contributed by atoms with Gasteiger partial charge in [-0.2, -0.15) is 0 Å². The number of carboxylic acids is 2. The zero-order valence-corrected chi connectivity index (χ0v) is 41.9. The average molecular weight is 1000 g/mol. The molecule has 366 valence electrons. The number of hydrogen-bond acceptors (Lipinski definition) is 10. The summed E-state index contributed by atoms with van der Waals surface area (Å²) in [5.74, 6) is -2.15. The number of hydrogen-bond donors (Lipinski definition) is 4. The van der Waals surface area contributed by atoms with Crippen LogP contribution in [-0.2, 0) is 50.3 Å². The van der Waals surface area contributed by atoms with E-state index in [2.05, 4.69) is 21.7 Å². The van der Waals surface area contributed by atoms with Gasteiger partial charge in [0.25, 0.3) is 10.0 Å². The fourth-order valence-electron chi connectivity index (χ4n) is 7.80. The van der Waals surface area contributed by atoms with Crippen LogP contribution in [0, 0.1) is 6.92 Å². The average Bonchev–Trinajstić information content (AvgIpc) is 3.73. The number of carboxylic acid groups (broad SMARTS) is 2. The van der Waals surface area contributed by atoms with E-state index in [1.165, 1.54) is 6.92 Å². The highest BCUT2D eigenvalue weighted by Crippen LogP contribution is 2.31. The van der Waals surface area contributed by atoms with Crippen LogP contribution < -0.4 is 14.9 Å². The molecule has 1 aromatic heterocycles. The Balaban J connectivity index is 0.000000230. The van der Waals surface area contributed by atoms with Crippen molar-refractivity contribution in [1.82, 2.24) is 4.98 Å². The Bertz CT molecular complexity index is 3140. The van der Waals surface area contributed by atoms with Gasteiger partial charge in [-0.25, -0.2) is 31.4 Å². The maximum atomic E-state index is 13.9. The number of fused-ring (bicyclic) bond motifs is 1. The molecule has 0 radical (unpaired) electrons. The van der Waals surface area contributed by atoms with Crippen molar-refractivity contribution in [2.75, 3.05) is 33.8 Å². The van der Waals surface area contributed by atoms with Gasteiger partial charge in [0.05, 0.1) is 33.2 Å². The van der Waals surface area contributed by atoms with Gasteiger partial charge in [0.15, 0.2) is 15.0 Å². The molecule has 16 heteroatoms. The van der Waals surface area contributed by atoms with Crippen LogP contribution in [0.4, 0.5) is 16.5 Å². The van der Waals surface area contributed by atoms with E-state index < -0.39 is 31.8 Å². The molecule has 0 spiro atoms. The Morgan fingerprint density at radius 3 is 1.84 bits per heavy atom. The van der Waals surface area contributed by atoms with Crippen molar-refractivity contribution in [2.24, 2.45) is 0 Å². The largest absolute Gasteiger partial charge is 0.478 e. The summed E-state index contributed by atoms with van der Waals surface area (Å²) < 4.78 is 55.0. The number of nitrogens with one attached hydrogen (secondary N) is 2. The number of para-hydroxylation sites is 2. The van der Waals surface area contributed by atoms with Gasteiger partial charge in [0.2, 0.25) is 5.91 Å². The SMILES string of the molecule is CC(=O)Nc1nc(C)c(S(=O)(=O)CCCCNc2ccccc2CCc2ccc(C(=O)O)cc2)s1.CCCCN(c1ccccc1CCc1ccc(C(=O)O)cc1)S(=O)(=O)c1ccc2ccccc2c1. The van der Waals surface area contributed by atoms with Gasteiger partial charge < -0.3 is 20.8 Å². The minimum Gasteiger partial charge on any atom is -0.478 e. The molecule has 1 heterocycles. The number of carbonyl (C=O) groups excluding carboxylic acids is 1. The first-order valence-corrected chi connectivity index (χ1v) is 27.0. The number of sulfone groups is 1. The summed E-state index contributed by atoms with van der Waals surface area (Å²) in [6.45, 7) is 6.07. The Labute approximate surface area is 414 Å². The third kappa shape index (κ3) is 14.3. The maximum absolute atomic E-state index is 13.9. The highest BCUT2D eigenvalue weighted by Gasteiger charge is 2.27. The summed E-state index contributed by atoms with van der Waals surface area (Å²) in [4.78, 5) is 37.7. The molecule has 7 rings (SSSR count). The van der Waals surface area contributed by atoms with Crippen molar-refractivity contribution in [3.8, 4) is 0 Å². The Morgan fingerprint density at radius 2 is 1.23 bits per heavy atom. The van der Waals surface area contributed by atoms with Crippen molar-refractivity contribution in [3.63, 3.8) is 0 Å². The first-order chi connectivity index (χ1) is 33.5. The molecule has 6 aromatic carbocycles. The number of benzene rings is 6. The minimum absolute atomic E-state index is 0.0191. The third-order valence-electron chi connectivity index (χ3n) is 11.5. The first-order valence-electron chi connectivity index (χ1n) is 23.1. The Kier molecular flexibility index (Phi) is 18.4. The number of amides is 1. The number of anilines is 3. The molecule has 0 bridgehead atoms. The highest BCUT2D eigenvalue weighted by atomic mass is 32.2. The van der Waals surface area contributed by atoms with Gasteiger partial charge in [0, 0.05) is 25.7 Å². The number of thiazole rings is 1. The topological polar surface area (TPSA) is 200 Å². The van der Waals surface area contributed by atoms with Crippen molar-refractivity contribution in [1.29, 1.82) is 0 Å². The molecule has 70 heavy (non-hydrogen) atoms. The molecule has 1 amide bonds. The second kappa shape index (κ2) is 24.6. The molecule has 13 nitrogen and oxygen atoms in total. The quantitative estimate of drug-likeness (QED) is 0.0471. The number of nitrogens with zero attached hydrogens (tertiary/aromatic N) is 2. The van der Waals surface area contributed by atoms with E-state index >= 15 is 0 Å². The monoisotopic (exact) mass is 1000 g/mol. The summed E-state index contributed by atoms with van der Waals surface area (Å²) in [7, 11) is -7.24. The molecular formula is C54H58N4O9S3. The zero-order chi connectivity index (χ0) is 50.3. The van der Waals surface area contributed by atoms with Crippen LogP contribution in [-0.4, -0.2) is 68.7 Å². The van der Waals surface area contributed by atoms with Crippen LogP contribution in [0.1, 0.15) is 88.2 Å². The molecule has 0 unspecified atom stereocenters. The van der Waals surface area contributed by atoms with Gasteiger partial charge in [-0.3, -0.25) is 9.10 Å². The predicted octanol–water partition coefficient (Wildman–Crippen LogP) is 10.9. The number of rotatable bonds is 22. The summed E-state index contributed by atoms with van der Waals surface area (Å²) in [6.07, 6.45) is 5.70. The van der Waals surface area contributed by atoms with E-state index in [9.17, 15) is 31.2 Å². The zero-order valence-electron chi connectivity index (χ0n) is 39.4. The van der Waals surface area contributed by atoms with Crippen molar-refractivity contribution in [2.45, 2.75) is 81.2 Å². The van der Waals surface area contributed by atoms with Gasteiger partial charge in [0.1, 0.15) is 4.21 Å². The van der Waals surface area contributed by atoms with Crippen LogP contribution in [0.3, 0.4) is 0 Å².